The van der Waals surface area contributed by atoms with E-state index in [9.17, 15) is 0 Å². The van der Waals surface area contributed by atoms with Crippen LogP contribution in [0.4, 0.5) is 0 Å². The average molecular weight is 141 g/mol. The van der Waals surface area contributed by atoms with Crippen molar-refractivity contribution < 1.29 is 9.52 Å². The first-order chi connectivity index (χ1) is 4.74. The smallest absolute Gasteiger partial charge is 0.123 e. The van der Waals surface area contributed by atoms with Crippen LogP contribution in [0.25, 0.3) is 0 Å². The highest BCUT2D eigenvalue weighted by molar-refractivity contribution is 5.08. The first-order valence-electron chi connectivity index (χ1n) is 3.17. The van der Waals surface area contributed by atoms with Crippen LogP contribution in [0, 0.1) is 6.92 Å². The zero-order valence-electron chi connectivity index (χ0n) is 5.87. The molecule has 0 bridgehead atoms. The zero-order valence-corrected chi connectivity index (χ0v) is 5.87. The number of rotatable bonds is 2. The van der Waals surface area contributed by atoms with Gasteiger partial charge in [-0.3, -0.25) is 0 Å². The van der Waals surface area contributed by atoms with Crippen molar-refractivity contribution in [3.8, 4) is 0 Å². The third kappa shape index (κ3) is 1.37. The second kappa shape index (κ2) is 2.86. The van der Waals surface area contributed by atoms with Crippen LogP contribution in [0.15, 0.2) is 16.5 Å². The molecule has 1 atom stereocenters. The quantitative estimate of drug-likeness (QED) is 0.633. The first-order valence-corrected chi connectivity index (χ1v) is 3.17. The van der Waals surface area contributed by atoms with E-state index in [1.807, 2.05) is 13.0 Å². The highest BCUT2D eigenvalue weighted by Gasteiger charge is 2.06. The molecular formula is C7H11NO2. The Kier molecular flexibility index (Phi) is 2.09. The summed E-state index contributed by atoms with van der Waals surface area (Å²) in [5.74, 6) is 1.46. The molecule has 3 N–H and O–H groups in total. The number of nitrogens with two attached hydrogens (primary N) is 1. The van der Waals surface area contributed by atoms with Crippen molar-refractivity contribution in [2.45, 2.75) is 13.0 Å². The molecular weight excluding hydrogens is 130 g/mol. The fourth-order valence-electron chi connectivity index (χ4n) is 0.743. The van der Waals surface area contributed by atoms with Gasteiger partial charge in [0.05, 0.1) is 12.6 Å². The number of aryl methyl sites for hydroxylation is 1. The molecule has 0 aliphatic carbocycles. The van der Waals surface area contributed by atoms with Crippen molar-refractivity contribution in [3.05, 3.63) is 23.7 Å². The number of hydrogen-bond acceptors (Lipinski definition) is 3. The number of furan rings is 1. The average Bonchev–Trinajstić information content (AvgIpc) is 2.34. The third-order valence-electron chi connectivity index (χ3n) is 1.32. The fourth-order valence-corrected chi connectivity index (χ4v) is 0.743. The van der Waals surface area contributed by atoms with Gasteiger partial charge in [0.1, 0.15) is 11.5 Å². The lowest BCUT2D eigenvalue weighted by atomic mass is 10.2. The Morgan fingerprint density at radius 3 is 2.80 bits per heavy atom. The Labute approximate surface area is 59.5 Å². The third-order valence-corrected chi connectivity index (χ3v) is 1.32. The number of aliphatic hydroxyl groups is 1. The predicted octanol–water partition coefficient (Wildman–Crippen LogP) is 0.580. The Hall–Kier alpha value is -0.800. The molecule has 1 unspecified atom stereocenters. The maximum Gasteiger partial charge on any atom is 0.123 e. The molecule has 0 saturated carbocycles. The van der Waals surface area contributed by atoms with Crippen LogP contribution in [0.3, 0.4) is 0 Å². The van der Waals surface area contributed by atoms with Gasteiger partial charge in [-0.05, 0) is 19.1 Å². The van der Waals surface area contributed by atoms with Crippen LogP contribution in [0.2, 0.25) is 0 Å². The van der Waals surface area contributed by atoms with E-state index in [1.165, 1.54) is 0 Å². The van der Waals surface area contributed by atoms with E-state index in [0.717, 1.165) is 5.76 Å². The van der Waals surface area contributed by atoms with Crippen molar-refractivity contribution in [3.63, 3.8) is 0 Å². The molecule has 3 nitrogen and oxygen atoms in total. The topological polar surface area (TPSA) is 59.4 Å². The fraction of sp³-hybridized carbons (Fsp3) is 0.429. The van der Waals surface area contributed by atoms with E-state index in [1.54, 1.807) is 6.07 Å². The van der Waals surface area contributed by atoms with Gasteiger partial charge >= 0.3 is 0 Å². The Balaban J connectivity index is 2.74. The summed E-state index contributed by atoms with van der Waals surface area (Å²) in [6.45, 7) is 1.76. The van der Waals surface area contributed by atoms with E-state index in [-0.39, 0.29) is 12.6 Å². The zero-order chi connectivity index (χ0) is 7.56. The summed E-state index contributed by atoms with van der Waals surface area (Å²) in [7, 11) is 0. The van der Waals surface area contributed by atoms with Crippen LogP contribution in [0.5, 0.6) is 0 Å². The molecule has 0 aromatic carbocycles. The van der Waals surface area contributed by atoms with Gasteiger partial charge in [-0.25, -0.2) is 0 Å². The van der Waals surface area contributed by atoms with Crippen molar-refractivity contribution in [2.75, 3.05) is 6.61 Å². The summed E-state index contributed by atoms with van der Waals surface area (Å²) in [6.07, 6.45) is 0. The largest absolute Gasteiger partial charge is 0.465 e. The van der Waals surface area contributed by atoms with E-state index >= 15 is 0 Å². The number of aliphatic hydroxyl groups excluding tert-OH is 1. The Morgan fingerprint density at radius 2 is 2.40 bits per heavy atom. The molecule has 1 rings (SSSR count). The maximum absolute atomic E-state index is 8.61. The minimum Gasteiger partial charge on any atom is -0.465 e. The van der Waals surface area contributed by atoms with Crippen molar-refractivity contribution >= 4 is 0 Å². The van der Waals surface area contributed by atoms with Gasteiger partial charge in [-0.15, -0.1) is 0 Å². The van der Waals surface area contributed by atoms with Crippen LogP contribution < -0.4 is 5.73 Å². The molecule has 0 spiro atoms. The molecule has 0 aliphatic rings. The molecule has 1 aromatic rings. The van der Waals surface area contributed by atoms with Crippen molar-refractivity contribution in [2.24, 2.45) is 5.73 Å². The Morgan fingerprint density at radius 1 is 1.70 bits per heavy atom. The summed E-state index contributed by atoms with van der Waals surface area (Å²) < 4.78 is 5.15. The lowest BCUT2D eigenvalue weighted by molar-refractivity contribution is 0.250. The van der Waals surface area contributed by atoms with Gasteiger partial charge in [0, 0.05) is 0 Å². The van der Waals surface area contributed by atoms with Crippen molar-refractivity contribution in [1.82, 2.24) is 0 Å². The maximum atomic E-state index is 8.61. The second-order valence-corrected chi connectivity index (χ2v) is 2.24. The van der Waals surface area contributed by atoms with Gasteiger partial charge in [0.2, 0.25) is 0 Å². The highest BCUT2D eigenvalue weighted by Crippen LogP contribution is 2.12. The van der Waals surface area contributed by atoms with E-state index in [0.29, 0.717) is 5.76 Å². The standard InChI is InChI=1S/C7H11NO2/c1-5-2-3-7(10-5)6(8)4-9/h2-3,6,9H,4,8H2,1H3. The molecule has 3 heteroatoms. The van der Waals surface area contributed by atoms with Crippen LogP contribution >= 0.6 is 0 Å². The summed E-state index contributed by atoms with van der Waals surface area (Å²) in [5, 5.41) is 8.61. The van der Waals surface area contributed by atoms with Crippen LogP contribution in [-0.4, -0.2) is 11.7 Å². The molecule has 1 aromatic heterocycles. The highest BCUT2D eigenvalue weighted by atomic mass is 16.3. The van der Waals surface area contributed by atoms with Crippen molar-refractivity contribution in [1.29, 1.82) is 0 Å². The monoisotopic (exact) mass is 141 g/mol. The molecule has 10 heavy (non-hydrogen) atoms. The summed E-state index contributed by atoms with van der Waals surface area (Å²) >= 11 is 0. The molecule has 0 fully saturated rings. The van der Waals surface area contributed by atoms with Gasteiger partial charge in [-0.2, -0.15) is 0 Å². The summed E-state index contributed by atoms with van der Waals surface area (Å²) in [6, 6.07) is 3.22. The molecule has 1 heterocycles. The SMILES string of the molecule is Cc1ccc(C(N)CO)o1. The van der Waals surface area contributed by atoms with Gasteiger partial charge in [0.25, 0.3) is 0 Å². The second-order valence-electron chi connectivity index (χ2n) is 2.24. The number of hydrogen-bond donors (Lipinski definition) is 2. The molecule has 0 amide bonds. The first kappa shape index (κ1) is 7.31. The summed E-state index contributed by atoms with van der Waals surface area (Å²) in [4.78, 5) is 0. The lowest BCUT2D eigenvalue weighted by Crippen LogP contribution is -2.13. The van der Waals surface area contributed by atoms with Crippen LogP contribution in [0.1, 0.15) is 17.6 Å². The van der Waals surface area contributed by atoms with Gasteiger partial charge in [-0.1, -0.05) is 0 Å². The minimum atomic E-state index is -0.381. The molecule has 56 valence electrons. The normalized spacial score (nSPS) is 13.5. The molecule has 0 radical (unpaired) electrons. The van der Waals surface area contributed by atoms with Gasteiger partial charge < -0.3 is 15.3 Å². The minimum absolute atomic E-state index is 0.0764. The lowest BCUT2D eigenvalue weighted by Gasteiger charge is -2.01. The summed E-state index contributed by atoms with van der Waals surface area (Å²) in [5.41, 5.74) is 5.46. The Bertz CT molecular complexity index is 207. The van der Waals surface area contributed by atoms with E-state index in [4.69, 9.17) is 15.3 Å². The molecule has 0 saturated heterocycles. The van der Waals surface area contributed by atoms with E-state index < -0.39 is 0 Å². The van der Waals surface area contributed by atoms with Gasteiger partial charge in [0.15, 0.2) is 0 Å². The van der Waals surface area contributed by atoms with E-state index in [2.05, 4.69) is 0 Å². The molecule has 0 aliphatic heterocycles. The van der Waals surface area contributed by atoms with Crippen LogP contribution in [-0.2, 0) is 0 Å². The predicted molar refractivity (Wildman–Crippen MR) is 37.5 cm³/mol.